The number of benzene rings is 1. The van der Waals surface area contributed by atoms with E-state index in [1.54, 1.807) is 14.2 Å². The molecule has 3 heterocycles. The molecular weight excluding hydrogens is 421 g/mol. The number of aryl methyl sites for hydroxylation is 1. The van der Waals surface area contributed by atoms with Crippen molar-refractivity contribution in [2.24, 2.45) is 11.8 Å². The summed E-state index contributed by atoms with van der Waals surface area (Å²) in [6.45, 7) is 5.64. The summed E-state index contributed by atoms with van der Waals surface area (Å²) in [5.74, 6) is 2.64. The van der Waals surface area contributed by atoms with Crippen LogP contribution < -0.4 is 14.8 Å². The average Bonchev–Trinajstić information content (AvgIpc) is 3.34. The molecule has 0 saturated carbocycles. The van der Waals surface area contributed by atoms with Crippen LogP contribution in [0.1, 0.15) is 15.4 Å². The third-order valence-corrected chi connectivity index (χ3v) is 6.49. The molecule has 154 valence electrons. The van der Waals surface area contributed by atoms with E-state index in [-0.39, 0.29) is 30.7 Å². The SMILES string of the molecule is COc1ccc(-c2nc(C)c(C(=O)N3C[C@H]4CNC[C@H]4C3)s2)cc1OC.Cl.Cl. The summed E-state index contributed by atoms with van der Waals surface area (Å²) < 4.78 is 10.7. The van der Waals surface area contributed by atoms with Crippen LogP contribution in [-0.2, 0) is 0 Å². The maximum Gasteiger partial charge on any atom is 0.265 e. The molecule has 2 aromatic rings. The van der Waals surface area contributed by atoms with E-state index < -0.39 is 0 Å². The number of aromatic nitrogens is 1. The number of likely N-dealkylation sites (tertiary alicyclic amines) is 1. The fourth-order valence-electron chi connectivity index (χ4n) is 3.85. The van der Waals surface area contributed by atoms with Crippen LogP contribution in [0.2, 0.25) is 0 Å². The van der Waals surface area contributed by atoms with Crippen molar-refractivity contribution in [1.82, 2.24) is 15.2 Å². The quantitative estimate of drug-likeness (QED) is 0.781. The number of methoxy groups -OCH3 is 2. The molecule has 6 nitrogen and oxygen atoms in total. The number of rotatable bonds is 4. The van der Waals surface area contributed by atoms with Gasteiger partial charge in [0.05, 0.1) is 19.9 Å². The highest BCUT2D eigenvalue weighted by atomic mass is 35.5. The van der Waals surface area contributed by atoms with Crippen LogP contribution in [0.25, 0.3) is 10.6 Å². The van der Waals surface area contributed by atoms with Gasteiger partial charge in [0, 0.05) is 31.7 Å². The first-order chi connectivity index (χ1) is 12.6. The first-order valence-corrected chi connectivity index (χ1v) is 9.62. The molecule has 28 heavy (non-hydrogen) atoms. The maximum absolute atomic E-state index is 13.0. The standard InChI is InChI=1S/C19H23N3O3S.2ClH/c1-11-17(19(23)22-9-13-7-20-8-14(13)10-22)26-18(21-11)12-4-5-15(24-2)16(6-12)25-3;;/h4-6,13-14,20H,7-10H2,1-3H3;2*1H/t13-,14+;;. The van der Waals surface area contributed by atoms with Crippen LogP contribution >= 0.6 is 36.2 Å². The molecule has 0 unspecified atom stereocenters. The summed E-state index contributed by atoms with van der Waals surface area (Å²) in [4.78, 5) is 20.4. The van der Waals surface area contributed by atoms with E-state index in [0.29, 0.717) is 23.3 Å². The minimum atomic E-state index is 0. The van der Waals surface area contributed by atoms with Crippen LogP contribution in [0.5, 0.6) is 11.5 Å². The van der Waals surface area contributed by atoms with Gasteiger partial charge in [0.2, 0.25) is 0 Å². The van der Waals surface area contributed by atoms with E-state index in [4.69, 9.17) is 9.47 Å². The third kappa shape index (κ3) is 4.08. The van der Waals surface area contributed by atoms with Crippen LogP contribution in [0, 0.1) is 18.8 Å². The number of hydrogen-bond donors (Lipinski definition) is 1. The summed E-state index contributed by atoms with van der Waals surface area (Å²) in [6, 6.07) is 5.71. The van der Waals surface area contributed by atoms with Gasteiger partial charge in [0.25, 0.3) is 5.91 Å². The van der Waals surface area contributed by atoms with Crippen molar-refractivity contribution in [2.75, 3.05) is 40.4 Å². The lowest BCUT2D eigenvalue weighted by Crippen LogP contribution is -2.31. The fourth-order valence-corrected chi connectivity index (χ4v) is 4.88. The molecule has 2 fully saturated rings. The first-order valence-electron chi connectivity index (χ1n) is 8.80. The van der Waals surface area contributed by atoms with E-state index in [1.807, 2.05) is 30.0 Å². The number of nitrogens with one attached hydrogen (secondary N) is 1. The van der Waals surface area contributed by atoms with Crippen molar-refractivity contribution in [2.45, 2.75) is 6.92 Å². The van der Waals surface area contributed by atoms with Gasteiger partial charge >= 0.3 is 0 Å². The number of amides is 1. The Labute approximate surface area is 181 Å². The second kappa shape index (κ2) is 9.31. The average molecular weight is 446 g/mol. The smallest absolute Gasteiger partial charge is 0.265 e. The highest BCUT2D eigenvalue weighted by molar-refractivity contribution is 7.17. The number of hydrogen-bond acceptors (Lipinski definition) is 6. The van der Waals surface area contributed by atoms with E-state index >= 15 is 0 Å². The molecule has 0 spiro atoms. The summed E-state index contributed by atoms with van der Waals surface area (Å²) in [5, 5.41) is 4.24. The number of halogens is 2. The molecule has 1 aromatic carbocycles. The van der Waals surface area contributed by atoms with Crippen molar-refractivity contribution in [1.29, 1.82) is 0 Å². The lowest BCUT2D eigenvalue weighted by molar-refractivity contribution is 0.0785. The molecule has 0 bridgehead atoms. The molecule has 2 atom stereocenters. The van der Waals surface area contributed by atoms with Crippen LogP contribution in [0.15, 0.2) is 18.2 Å². The monoisotopic (exact) mass is 445 g/mol. The first kappa shape index (κ1) is 22.7. The molecule has 0 aliphatic carbocycles. The van der Waals surface area contributed by atoms with Crippen molar-refractivity contribution in [3.8, 4) is 22.1 Å². The fraction of sp³-hybridized carbons (Fsp3) is 0.474. The Kier molecular flexibility index (Phi) is 7.56. The van der Waals surface area contributed by atoms with E-state index in [9.17, 15) is 4.79 Å². The topological polar surface area (TPSA) is 63.7 Å². The van der Waals surface area contributed by atoms with Crippen LogP contribution in [0.4, 0.5) is 0 Å². The molecule has 2 aliphatic rings. The molecule has 1 aromatic heterocycles. The molecule has 4 rings (SSSR count). The highest BCUT2D eigenvalue weighted by Gasteiger charge is 2.39. The van der Waals surface area contributed by atoms with Gasteiger partial charge in [-0.2, -0.15) is 0 Å². The Bertz CT molecular complexity index is 834. The van der Waals surface area contributed by atoms with Gasteiger partial charge in [-0.05, 0) is 37.0 Å². The van der Waals surface area contributed by atoms with Crippen molar-refractivity contribution >= 4 is 42.1 Å². The molecule has 2 aliphatic heterocycles. The minimum absolute atomic E-state index is 0. The Morgan fingerprint density at radius 2 is 1.79 bits per heavy atom. The van der Waals surface area contributed by atoms with Crippen LogP contribution in [0.3, 0.4) is 0 Å². The van der Waals surface area contributed by atoms with Crippen LogP contribution in [-0.4, -0.2) is 56.2 Å². The van der Waals surface area contributed by atoms with Gasteiger partial charge in [-0.1, -0.05) is 0 Å². The van der Waals surface area contributed by atoms with Crippen molar-refractivity contribution in [3.05, 3.63) is 28.8 Å². The zero-order chi connectivity index (χ0) is 18.3. The van der Waals surface area contributed by atoms with Gasteiger partial charge < -0.3 is 19.7 Å². The molecule has 9 heteroatoms. The summed E-state index contributed by atoms with van der Waals surface area (Å²) in [7, 11) is 3.23. The number of fused-ring (bicyclic) bond motifs is 1. The Hall–Kier alpha value is -1.54. The Morgan fingerprint density at radius 3 is 2.39 bits per heavy atom. The summed E-state index contributed by atoms with van der Waals surface area (Å²) in [6.07, 6.45) is 0. The molecule has 0 radical (unpaired) electrons. The van der Waals surface area contributed by atoms with E-state index in [2.05, 4.69) is 10.3 Å². The van der Waals surface area contributed by atoms with Crippen molar-refractivity contribution < 1.29 is 14.3 Å². The highest BCUT2D eigenvalue weighted by Crippen LogP contribution is 2.36. The predicted molar refractivity (Wildman–Crippen MR) is 116 cm³/mol. The molecule has 2 saturated heterocycles. The Balaban J connectivity index is 0.00000140. The maximum atomic E-state index is 13.0. The number of carbonyl (C=O) groups is 1. The molecular formula is C19H25Cl2N3O3S. The van der Waals surface area contributed by atoms with Crippen molar-refractivity contribution in [3.63, 3.8) is 0 Å². The zero-order valence-electron chi connectivity index (χ0n) is 16.1. The number of carbonyl (C=O) groups excluding carboxylic acids is 1. The summed E-state index contributed by atoms with van der Waals surface area (Å²) in [5.41, 5.74) is 1.72. The second-order valence-electron chi connectivity index (χ2n) is 6.89. The summed E-state index contributed by atoms with van der Waals surface area (Å²) >= 11 is 1.45. The number of ether oxygens (including phenoxy) is 2. The number of thiazole rings is 1. The van der Waals surface area contributed by atoms with E-state index in [0.717, 1.165) is 47.3 Å². The van der Waals surface area contributed by atoms with Gasteiger partial charge in [0.1, 0.15) is 9.88 Å². The lowest BCUT2D eigenvalue weighted by Gasteiger charge is -2.16. The normalized spacial score (nSPS) is 20.2. The second-order valence-corrected chi connectivity index (χ2v) is 7.89. The van der Waals surface area contributed by atoms with Gasteiger partial charge in [0.15, 0.2) is 11.5 Å². The van der Waals surface area contributed by atoms with Gasteiger partial charge in [-0.3, -0.25) is 4.79 Å². The van der Waals surface area contributed by atoms with E-state index in [1.165, 1.54) is 11.3 Å². The largest absolute Gasteiger partial charge is 0.493 e. The number of nitrogens with zero attached hydrogens (tertiary/aromatic N) is 2. The molecule has 1 amide bonds. The Morgan fingerprint density at radius 1 is 1.14 bits per heavy atom. The van der Waals surface area contributed by atoms with Gasteiger partial charge in [-0.25, -0.2) is 4.98 Å². The molecule has 1 N–H and O–H groups in total. The zero-order valence-corrected chi connectivity index (χ0v) is 18.5. The third-order valence-electron chi connectivity index (χ3n) is 5.30. The predicted octanol–water partition coefficient (Wildman–Crippen LogP) is 3.27. The minimum Gasteiger partial charge on any atom is -0.493 e. The van der Waals surface area contributed by atoms with Gasteiger partial charge in [-0.15, -0.1) is 36.2 Å². The lowest BCUT2D eigenvalue weighted by atomic mass is 10.0.